The summed E-state index contributed by atoms with van der Waals surface area (Å²) in [6.45, 7) is 8.17. The molecule has 0 spiro atoms. The largest absolute Gasteiger partial charge is 0.357 e. The topological polar surface area (TPSA) is 60.0 Å². The fourth-order valence-electron chi connectivity index (χ4n) is 3.24. The quantitative estimate of drug-likeness (QED) is 0.385. The van der Waals surface area contributed by atoms with E-state index in [1.807, 2.05) is 11.8 Å². The third-order valence-corrected chi connectivity index (χ3v) is 4.46. The van der Waals surface area contributed by atoms with Gasteiger partial charge in [0.1, 0.15) is 6.54 Å². The summed E-state index contributed by atoms with van der Waals surface area (Å²) in [5, 5.41) is 6.63. The van der Waals surface area contributed by atoms with E-state index in [-0.39, 0.29) is 36.4 Å². The highest BCUT2D eigenvalue weighted by molar-refractivity contribution is 14.0. The molecule has 2 aliphatic heterocycles. The molecule has 2 N–H and O–H groups in total. The van der Waals surface area contributed by atoms with Crippen molar-refractivity contribution in [2.75, 3.05) is 52.9 Å². The number of carbonyl (C=O) groups excluding carboxylic acids is 1. The van der Waals surface area contributed by atoms with E-state index in [0.29, 0.717) is 5.92 Å². The normalized spacial score (nSPS) is 22.6. The molecule has 0 aromatic rings. The number of piperidine rings is 1. The molecule has 2 rings (SSSR count). The lowest BCUT2D eigenvalue weighted by molar-refractivity contribution is -0.128. The van der Waals surface area contributed by atoms with Crippen molar-refractivity contribution in [1.82, 2.24) is 20.4 Å². The van der Waals surface area contributed by atoms with Gasteiger partial charge in [0.2, 0.25) is 5.91 Å². The van der Waals surface area contributed by atoms with E-state index in [1.54, 1.807) is 0 Å². The van der Waals surface area contributed by atoms with Gasteiger partial charge >= 0.3 is 0 Å². The second-order valence-corrected chi connectivity index (χ2v) is 6.43. The van der Waals surface area contributed by atoms with Crippen molar-refractivity contribution in [3.05, 3.63) is 0 Å². The number of guanidine groups is 1. The van der Waals surface area contributed by atoms with Crippen molar-refractivity contribution in [2.24, 2.45) is 10.9 Å². The number of rotatable bonds is 5. The van der Waals surface area contributed by atoms with Crippen molar-refractivity contribution in [1.29, 1.82) is 0 Å². The third-order valence-electron chi connectivity index (χ3n) is 4.46. The Balaban J connectivity index is 0.00000264. The number of hydrogen-bond donors (Lipinski definition) is 2. The Bertz CT molecular complexity index is 385. The van der Waals surface area contributed by atoms with E-state index in [4.69, 9.17) is 0 Å². The number of amides is 1. The van der Waals surface area contributed by atoms with E-state index in [9.17, 15) is 4.79 Å². The minimum Gasteiger partial charge on any atom is -0.357 e. The number of nitrogens with one attached hydrogen (secondary N) is 2. The minimum atomic E-state index is 0. The first kappa shape index (κ1) is 20.5. The SMILES string of the molecule is CCNC(=NCC(=O)N1CCCC1)NCC1CCCN(C)C1.I. The van der Waals surface area contributed by atoms with Crippen LogP contribution in [0, 0.1) is 5.92 Å². The Labute approximate surface area is 157 Å². The Morgan fingerprint density at radius 1 is 1.17 bits per heavy atom. The van der Waals surface area contributed by atoms with Crippen molar-refractivity contribution in [3.8, 4) is 0 Å². The summed E-state index contributed by atoms with van der Waals surface area (Å²) in [7, 11) is 2.18. The fourth-order valence-corrected chi connectivity index (χ4v) is 3.24. The van der Waals surface area contributed by atoms with Gasteiger partial charge in [0.25, 0.3) is 0 Å². The molecule has 134 valence electrons. The highest BCUT2D eigenvalue weighted by Crippen LogP contribution is 2.13. The van der Waals surface area contributed by atoms with Gasteiger partial charge in [-0.25, -0.2) is 4.99 Å². The predicted octanol–water partition coefficient (Wildman–Crippen LogP) is 1.12. The van der Waals surface area contributed by atoms with Crippen LogP contribution in [0.5, 0.6) is 0 Å². The van der Waals surface area contributed by atoms with Crippen molar-refractivity contribution in [3.63, 3.8) is 0 Å². The van der Waals surface area contributed by atoms with Crippen LogP contribution in [0.2, 0.25) is 0 Å². The Morgan fingerprint density at radius 2 is 1.91 bits per heavy atom. The average Bonchev–Trinajstić information content (AvgIpc) is 3.04. The van der Waals surface area contributed by atoms with Gasteiger partial charge in [-0.1, -0.05) is 0 Å². The van der Waals surface area contributed by atoms with E-state index < -0.39 is 0 Å². The van der Waals surface area contributed by atoms with Crippen LogP contribution in [-0.2, 0) is 4.79 Å². The van der Waals surface area contributed by atoms with E-state index >= 15 is 0 Å². The zero-order chi connectivity index (χ0) is 15.8. The van der Waals surface area contributed by atoms with Gasteiger partial charge in [-0.15, -0.1) is 24.0 Å². The summed E-state index contributed by atoms with van der Waals surface area (Å²) < 4.78 is 0. The summed E-state index contributed by atoms with van der Waals surface area (Å²) >= 11 is 0. The first-order valence-corrected chi connectivity index (χ1v) is 8.67. The maximum atomic E-state index is 12.1. The Kier molecular flexibility index (Phi) is 9.85. The summed E-state index contributed by atoms with van der Waals surface area (Å²) in [6, 6.07) is 0. The Hall–Kier alpha value is -0.570. The van der Waals surface area contributed by atoms with Gasteiger partial charge in [0.15, 0.2) is 5.96 Å². The molecule has 1 unspecified atom stereocenters. The number of carbonyl (C=O) groups is 1. The maximum absolute atomic E-state index is 12.1. The minimum absolute atomic E-state index is 0. The number of halogens is 1. The molecule has 0 aliphatic carbocycles. The fraction of sp³-hybridized carbons (Fsp3) is 0.875. The second-order valence-electron chi connectivity index (χ2n) is 6.43. The van der Waals surface area contributed by atoms with E-state index in [0.717, 1.165) is 51.5 Å². The number of aliphatic imine (C=N–C) groups is 1. The van der Waals surface area contributed by atoms with Crippen LogP contribution >= 0.6 is 24.0 Å². The summed E-state index contributed by atoms with van der Waals surface area (Å²) in [4.78, 5) is 20.8. The summed E-state index contributed by atoms with van der Waals surface area (Å²) in [5.74, 6) is 1.58. The zero-order valence-electron chi connectivity index (χ0n) is 14.5. The average molecular weight is 437 g/mol. The lowest BCUT2D eigenvalue weighted by Gasteiger charge is -2.30. The van der Waals surface area contributed by atoms with Crippen LogP contribution in [0.15, 0.2) is 4.99 Å². The first-order valence-electron chi connectivity index (χ1n) is 8.67. The van der Waals surface area contributed by atoms with Crippen LogP contribution in [0.25, 0.3) is 0 Å². The summed E-state index contributed by atoms with van der Waals surface area (Å²) in [5.41, 5.74) is 0. The van der Waals surface area contributed by atoms with Gasteiger partial charge in [-0.2, -0.15) is 0 Å². The van der Waals surface area contributed by atoms with Crippen LogP contribution < -0.4 is 10.6 Å². The van der Waals surface area contributed by atoms with Crippen molar-refractivity contribution < 1.29 is 4.79 Å². The number of likely N-dealkylation sites (tertiary alicyclic amines) is 2. The standard InChI is InChI=1S/C16H31N5O.HI/c1-3-17-16(18-11-14-7-6-8-20(2)13-14)19-12-15(22)21-9-4-5-10-21;/h14H,3-13H2,1-2H3,(H2,17,18,19);1H. The van der Waals surface area contributed by atoms with Crippen LogP contribution in [0.3, 0.4) is 0 Å². The van der Waals surface area contributed by atoms with Crippen molar-refractivity contribution >= 4 is 35.8 Å². The molecule has 6 nitrogen and oxygen atoms in total. The predicted molar refractivity (Wildman–Crippen MR) is 105 cm³/mol. The van der Waals surface area contributed by atoms with E-state index in [1.165, 1.54) is 19.4 Å². The smallest absolute Gasteiger partial charge is 0.244 e. The zero-order valence-corrected chi connectivity index (χ0v) is 16.8. The highest BCUT2D eigenvalue weighted by atomic mass is 127. The molecule has 1 amide bonds. The molecule has 0 saturated carbocycles. The molecule has 2 saturated heterocycles. The summed E-state index contributed by atoms with van der Waals surface area (Å²) in [6.07, 6.45) is 4.79. The number of nitrogens with zero attached hydrogens (tertiary/aromatic N) is 3. The molecule has 0 aromatic heterocycles. The molecule has 0 radical (unpaired) electrons. The van der Waals surface area contributed by atoms with Crippen LogP contribution in [0.4, 0.5) is 0 Å². The lowest BCUT2D eigenvalue weighted by atomic mass is 9.99. The molecule has 2 fully saturated rings. The maximum Gasteiger partial charge on any atom is 0.244 e. The number of hydrogen-bond acceptors (Lipinski definition) is 3. The molecular formula is C16H32IN5O. The molecule has 0 bridgehead atoms. The lowest BCUT2D eigenvalue weighted by Crippen LogP contribution is -2.44. The first-order chi connectivity index (χ1) is 10.7. The van der Waals surface area contributed by atoms with Crippen LogP contribution in [-0.4, -0.2) is 74.5 Å². The Morgan fingerprint density at radius 3 is 2.57 bits per heavy atom. The van der Waals surface area contributed by atoms with E-state index in [2.05, 4.69) is 27.6 Å². The molecule has 0 aromatic carbocycles. The molecule has 23 heavy (non-hydrogen) atoms. The molecule has 7 heteroatoms. The molecule has 1 atom stereocenters. The molecule has 2 aliphatic rings. The molecular weight excluding hydrogens is 405 g/mol. The monoisotopic (exact) mass is 437 g/mol. The van der Waals surface area contributed by atoms with Gasteiger partial charge in [0, 0.05) is 32.7 Å². The third kappa shape index (κ3) is 7.24. The van der Waals surface area contributed by atoms with Gasteiger partial charge < -0.3 is 20.4 Å². The van der Waals surface area contributed by atoms with Gasteiger partial charge in [-0.3, -0.25) is 4.79 Å². The van der Waals surface area contributed by atoms with Crippen LogP contribution in [0.1, 0.15) is 32.6 Å². The van der Waals surface area contributed by atoms with Crippen molar-refractivity contribution in [2.45, 2.75) is 32.6 Å². The molecule has 2 heterocycles. The highest BCUT2D eigenvalue weighted by Gasteiger charge is 2.19. The van der Waals surface area contributed by atoms with Gasteiger partial charge in [0.05, 0.1) is 0 Å². The second kappa shape index (κ2) is 11.1. The van der Waals surface area contributed by atoms with Gasteiger partial charge in [-0.05, 0) is 52.1 Å².